The van der Waals surface area contributed by atoms with E-state index in [0.29, 0.717) is 6.54 Å². The lowest BCUT2D eigenvalue weighted by Gasteiger charge is -2.21. The van der Waals surface area contributed by atoms with Crippen LogP contribution in [0.25, 0.3) is 0 Å². The number of hydrogen-bond donors (Lipinski definition) is 2. The molecule has 0 spiro atoms. The van der Waals surface area contributed by atoms with Crippen LogP contribution in [0, 0.1) is 0 Å². The van der Waals surface area contributed by atoms with Crippen molar-refractivity contribution in [1.82, 2.24) is 9.62 Å². The normalized spacial score (nSPS) is 17.5. The van der Waals surface area contributed by atoms with Gasteiger partial charge in [-0.05, 0) is 49.4 Å². The minimum Gasteiger partial charge on any atom is -0.494 e. The number of hydrogen-bond acceptors (Lipinski definition) is 4. The lowest BCUT2D eigenvalue weighted by Crippen LogP contribution is -2.26. The fourth-order valence-corrected chi connectivity index (χ4v) is 3.76. The van der Waals surface area contributed by atoms with Gasteiger partial charge in [-0.15, -0.1) is 0 Å². The van der Waals surface area contributed by atoms with Gasteiger partial charge in [0, 0.05) is 24.5 Å². The maximum Gasteiger partial charge on any atom is 0.404 e. The molecule has 0 unspecified atom stereocenters. The van der Waals surface area contributed by atoms with Crippen molar-refractivity contribution in [1.29, 1.82) is 0 Å². The van der Waals surface area contributed by atoms with E-state index in [1.54, 1.807) is 11.9 Å². The van der Waals surface area contributed by atoms with Crippen LogP contribution in [0.4, 0.5) is 4.79 Å². The Hall–Kier alpha value is -1.40. The number of carbonyl (C=O) groups is 1. The Labute approximate surface area is 148 Å². The summed E-state index contributed by atoms with van der Waals surface area (Å²) in [4.78, 5) is 11.7. The van der Waals surface area contributed by atoms with Crippen molar-refractivity contribution in [2.45, 2.75) is 49.8 Å². The van der Waals surface area contributed by atoms with E-state index in [1.807, 2.05) is 12.1 Å². The van der Waals surface area contributed by atoms with Crippen molar-refractivity contribution in [2.75, 3.05) is 26.2 Å². The first kappa shape index (κ1) is 18.9. The number of benzene rings is 1. The van der Waals surface area contributed by atoms with Gasteiger partial charge in [-0.2, -0.15) is 0 Å². The van der Waals surface area contributed by atoms with Gasteiger partial charge in [0.2, 0.25) is 0 Å². The highest BCUT2D eigenvalue weighted by Crippen LogP contribution is 2.27. The number of fused-ring (bicyclic) bond motifs is 2. The zero-order chi connectivity index (χ0) is 17.0. The molecule has 2 bridgehead atoms. The van der Waals surface area contributed by atoms with E-state index in [2.05, 4.69) is 21.8 Å². The molecule has 134 valence electrons. The molecule has 1 aliphatic rings. The number of ether oxygens (including phenoxy) is 1. The van der Waals surface area contributed by atoms with Crippen LogP contribution >= 0.6 is 11.9 Å². The molecular formula is C18H28N2O3S. The Kier molecular flexibility index (Phi) is 8.84. The average molecular weight is 352 g/mol. The van der Waals surface area contributed by atoms with Crippen molar-refractivity contribution in [2.24, 2.45) is 0 Å². The molecule has 1 aromatic rings. The Balaban J connectivity index is 1.92. The minimum atomic E-state index is -0.950. The molecule has 24 heavy (non-hydrogen) atoms. The monoisotopic (exact) mass is 352 g/mol. The molecule has 0 radical (unpaired) electrons. The summed E-state index contributed by atoms with van der Waals surface area (Å²) in [5.74, 6) is 0.935. The summed E-state index contributed by atoms with van der Waals surface area (Å²) in [5.41, 5.74) is 0. The largest absolute Gasteiger partial charge is 0.494 e. The first-order valence-corrected chi connectivity index (χ1v) is 9.64. The number of rotatable bonds is 4. The molecule has 1 aromatic carbocycles. The summed E-state index contributed by atoms with van der Waals surface area (Å²) in [7, 11) is 0. The molecule has 0 saturated carbocycles. The quantitative estimate of drug-likeness (QED) is 0.622. The molecule has 0 fully saturated rings. The SMILES string of the molecule is O=C(O)NCCCN1CCCCCCCCOc2cccc(c2)S1. The number of amides is 1. The minimum absolute atomic E-state index is 0.496. The fraction of sp³-hybridized carbons (Fsp3) is 0.611. The molecule has 1 heterocycles. The van der Waals surface area contributed by atoms with Gasteiger partial charge in [-0.1, -0.05) is 31.7 Å². The summed E-state index contributed by atoms with van der Waals surface area (Å²) >= 11 is 1.74. The van der Waals surface area contributed by atoms with Gasteiger partial charge in [-0.25, -0.2) is 9.10 Å². The molecule has 2 N–H and O–H groups in total. The highest BCUT2D eigenvalue weighted by atomic mass is 32.2. The zero-order valence-corrected chi connectivity index (χ0v) is 15.0. The topological polar surface area (TPSA) is 61.8 Å². The van der Waals surface area contributed by atoms with E-state index < -0.39 is 6.09 Å². The highest BCUT2D eigenvalue weighted by molar-refractivity contribution is 7.97. The van der Waals surface area contributed by atoms with Crippen LogP contribution in [0.15, 0.2) is 29.2 Å². The maximum absolute atomic E-state index is 10.5. The second kappa shape index (κ2) is 11.2. The van der Waals surface area contributed by atoms with E-state index in [0.717, 1.165) is 38.3 Å². The first-order chi connectivity index (χ1) is 11.7. The summed E-state index contributed by atoms with van der Waals surface area (Å²) in [6.45, 7) is 3.19. The van der Waals surface area contributed by atoms with Crippen molar-refractivity contribution in [3.05, 3.63) is 24.3 Å². The lowest BCUT2D eigenvalue weighted by atomic mass is 10.1. The zero-order valence-electron chi connectivity index (χ0n) is 14.2. The third-order valence-corrected chi connectivity index (χ3v) is 5.06. The number of carboxylic acid groups (broad SMARTS) is 1. The molecule has 0 aromatic heterocycles. The van der Waals surface area contributed by atoms with Crippen LogP contribution in [0.5, 0.6) is 5.75 Å². The average Bonchev–Trinajstić information content (AvgIpc) is 2.56. The molecular weight excluding hydrogens is 324 g/mol. The van der Waals surface area contributed by atoms with E-state index >= 15 is 0 Å². The van der Waals surface area contributed by atoms with Crippen molar-refractivity contribution >= 4 is 18.0 Å². The smallest absolute Gasteiger partial charge is 0.404 e. The van der Waals surface area contributed by atoms with Crippen molar-refractivity contribution in [3.8, 4) is 5.75 Å². The molecule has 1 amide bonds. The maximum atomic E-state index is 10.5. The van der Waals surface area contributed by atoms with E-state index in [1.165, 1.54) is 37.0 Å². The van der Waals surface area contributed by atoms with E-state index in [9.17, 15) is 4.79 Å². The van der Waals surface area contributed by atoms with Gasteiger partial charge in [0.25, 0.3) is 0 Å². The van der Waals surface area contributed by atoms with Crippen LogP contribution < -0.4 is 10.1 Å². The van der Waals surface area contributed by atoms with Crippen LogP contribution in [0.2, 0.25) is 0 Å². The fourth-order valence-electron chi connectivity index (χ4n) is 2.71. The van der Waals surface area contributed by atoms with Crippen molar-refractivity contribution in [3.63, 3.8) is 0 Å². The summed E-state index contributed by atoms with van der Waals surface area (Å²) in [6.07, 6.45) is 7.23. The lowest BCUT2D eigenvalue weighted by molar-refractivity contribution is 0.194. The van der Waals surface area contributed by atoms with Crippen LogP contribution in [-0.2, 0) is 0 Å². The Bertz CT molecular complexity index is 499. The van der Waals surface area contributed by atoms with Gasteiger partial charge in [0.1, 0.15) is 5.75 Å². The van der Waals surface area contributed by atoms with Gasteiger partial charge in [0.15, 0.2) is 0 Å². The van der Waals surface area contributed by atoms with Crippen LogP contribution in [0.3, 0.4) is 0 Å². The standard InChI is InChI=1S/C18H28N2O3S/c21-18(22)19-11-8-13-20-12-5-3-1-2-4-6-14-23-16-9-7-10-17(15-16)24-20/h7,9-10,15,19H,1-6,8,11-14H2,(H,21,22). The predicted molar refractivity (Wildman–Crippen MR) is 97.7 cm³/mol. The number of nitrogens with one attached hydrogen (secondary N) is 1. The van der Waals surface area contributed by atoms with Crippen LogP contribution in [0.1, 0.15) is 44.9 Å². The van der Waals surface area contributed by atoms with Crippen molar-refractivity contribution < 1.29 is 14.6 Å². The number of nitrogens with zero attached hydrogens (tertiary/aromatic N) is 1. The van der Waals surface area contributed by atoms with Gasteiger partial charge in [-0.3, -0.25) is 0 Å². The second-order valence-corrected chi connectivity index (χ2v) is 7.22. The highest BCUT2D eigenvalue weighted by Gasteiger charge is 2.09. The van der Waals surface area contributed by atoms with E-state index in [-0.39, 0.29) is 0 Å². The molecule has 6 heteroatoms. The summed E-state index contributed by atoms with van der Waals surface area (Å²) in [5, 5.41) is 11.1. The van der Waals surface area contributed by atoms with E-state index in [4.69, 9.17) is 9.84 Å². The molecule has 5 nitrogen and oxygen atoms in total. The van der Waals surface area contributed by atoms with Gasteiger partial charge in [0.05, 0.1) is 6.61 Å². The summed E-state index contributed by atoms with van der Waals surface area (Å²) < 4.78 is 8.19. The third-order valence-electron chi connectivity index (χ3n) is 3.97. The Morgan fingerprint density at radius 1 is 1.21 bits per heavy atom. The van der Waals surface area contributed by atoms with Gasteiger partial charge >= 0.3 is 6.09 Å². The first-order valence-electron chi connectivity index (χ1n) is 8.86. The van der Waals surface area contributed by atoms with Gasteiger partial charge < -0.3 is 15.2 Å². The molecule has 0 atom stereocenters. The molecule has 0 saturated heterocycles. The third kappa shape index (κ3) is 7.93. The Morgan fingerprint density at radius 3 is 2.83 bits per heavy atom. The molecule has 0 aliphatic carbocycles. The molecule has 2 rings (SSSR count). The Morgan fingerprint density at radius 2 is 2.00 bits per heavy atom. The predicted octanol–water partition coefficient (Wildman–Crippen LogP) is 4.39. The summed E-state index contributed by atoms with van der Waals surface area (Å²) in [6, 6.07) is 8.25. The second-order valence-electron chi connectivity index (χ2n) is 6.05. The molecule has 1 aliphatic heterocycles. The van der Waals surface area contributed by atoms with Crippen LogP contribution in [-0.4, -0.2) is 41.7 Å².